The van der Waals surface area contributed by atoms with Gasteiger partial charge in [0.2, 0.25) is 5.91 Å². The van der Waals surface area contributed by atoms with Crippen molar-refractivity contribution in [3.8, 4) is 0 Å². The van der Waals surface area contributed by atoms with E-state index in [0.717, 1.165) is 5.56 Å². The van der Waals surface area contributed by atoms with Gasteiger partial charge in [-0.3, -0.25) is 4.79 Å². The number of carbonyl (C=O) groups excluding carboxylic acids is 4. The van der Waals surface area contributed by atoms with Crippen molar-refractivity contribution in [3.05, 3.63) is 143 Å². The highest BCUT2D eigenvalue weighted by Gasteiger charge is 2.43. The monoisotopic (exact) mass is 784 g/mol. The van der Waals surface area contributed by atoms with Crippen LogP contribution in [0.3, 0.4) is 0 Å². The van der Waals surface area contributed by atoms with Gasteiger partial charge in [-0.05, 0) is 77.5 Å². The minimum Gasteiger partial charge on any atom is -0.445 e. The van der Waals surface area contributed by atoms with Crippen LogP contribution in [-0.2, 0) is 36.0 Å². The first-order chi connectivity index (χ1) is 26.9. The number of alkyl carbamates (subject to hydrolysis) is 2. The van der Waals surface area contributed by atoms with Gasteiger partial charge < -0.3 is 35.9 Å². The number of amides is 3. The minimum atomic E-state index is -1.49. The molecule has 11 nitrogen and oxygen atoms in total. The molecule has 0 aromatic heterocycles. The fraction of sp³-hybridized carbons (Fsp3) is 0.364. The third kappa shape index (κ3) is 13.1. The molecular weight excluding hydrogens is 732 g/mol. The highest BCUT2D eigenvalue weighted by molar-refractivity contribution is 6.31. The standard InChI is InChI=1S/C44H53ClN4O7/c1-43(2,3)56-42(53)48-37(27-15-17-29-46)39(50)47-30-18-16-28-38(49-41(52)54-31-32-19-7-4-8-20-32)40(51)55-44(33-21-9-5-10-22-33,34-23-11-6-12-24-34)35-25-13-14-26-36(35)45/h4-14,19-26,37-38H,15-18,27-31,46H2,1-3H3,(H,47,50)(H,48,53)(H,49,52)/t37-,38+/m0/s1. The van der Waals surface area contributed by atoms with Gasteiger partial charge in [-0.25, -0.2) is 14.4 Å². The zero-order valence-electron chi connectivity index (χ0n) is 32.3. The van der Waals surface area contributed by atoms with Crippen molar-refractivity contribution in [3.63, 3.8) is 0 Å². The Balaban J connectivity index is 1.54. The summed E-state index contributed by atoms with van der Waals surface area (Å²) in [5, 5.41) is 8.68. The van der Waals surface area contributed by atoms with E-state index in [9.17, 15) is 19.2 Å². The van der Waals surface area contributed by atoms with Crippen LogP contribution in [0.1, 0.15) is 81.5 Å². The van der Waals surface area contributed by atoms with Crippen LogP contribution in [0.4, 0.5) is 9.59 Å². The van der Waals surface area contributed by atoms with Crippen molar-refractivity contribution in [1.82, 2.24) is 16.0 Å². The fourth-order valence-electron chi connectivity index (χ4n) is 6.14. The van der Waals surface area contributed by atoms with E-state index in [-0.39, 0.29) is 25.5 Å². The molecule has 0 fully saturated rings. The number of benzene rings is 4. The molecule has 5 N–H and O–H groups in total. The molecular formula is C44H53ClN4O7. The van der Waals surface area contributed by atoms with Gasteiger partial charge in [-0.2, -0.15) is 0 Å². The van der Waals surface area contributed by atoms with Gasteiger partial charge in [0.15, 0.2) is 5.60 Å². The lowest BCUT2D eigenvalue weighted by Gasteiger charge is -2.37. The maximum Gasteiger partial charge on any atom is 0.408 e. The Morgan fingerprint density at radius 2 is 1.20 bits per heavy atom. The van der Waals surface area contributed by atoms with Gasteiger partial charge in [0, 0.05) is 28.3 Å². The predicted molar refractivity (Wildman–Crippen MR) is 217 cm³/mol. The van der Waals surface area contributed by atoms with Crippen molar-refractivity contribution in [2.45, 2.75) is 89.2 Å². The van der Waals surface area contributed by atoms with Gasteiger partial charge in [0.25, 0.3) is 0 Å². The molecule has 0 aliphatic carbocycles. The summed E-state index contributed by atoms with van der Waals surface area (Å²) in [4.78, 5) is 53.4. The quantitative estimate of drug-likeness (QED) is 0.0325. The Morgan fingerprint density at radius 1 is 0.661 bits per heavy atom. The summed E-state index contributed by atoms with van der Waals surface area (Å²) < 4.78 is 17.5. The molecule has 298 valence electrons. The topological polar surface area (TPSA) is 158 Å². The Kier molecular flexibility index (Phi) is 16.7. The van der Waals surface area contributed by atoms with E-state index in [2.05, 4.69) is 16.0 Å². The molecule has 0 unspecified atom stereocenters. The van der Waals surface area contributed by atoms with E-state index in [1.54, 1.807) is 32.9 Å². The number of carbonyl (C=O) groups is 4. The van der Waals surface area contributed by atoms with Gasteiger partial charge in [0.1, 0.15) is 24.3 Å². The Bertz CT molecular complexity index is 1800. The summed E-state index contributed by atoms with van der Waals surface area (Å²) in [5.74, 6) is -1.07. The first-order valence-electron chi connectivity index (χ1n) is 19.0. The molecule has 0 aliphatic rings. The molecule has 0 radical (unpaired) electrons. The molecule has 2 atom stereocenters. The number of hydrogen-bond acceptors (Lipinski definition) is 8. The van der Waals surface area contributed by atoms with E-state index >= 15 is 0 Å². The average Bonchev–Trinajstić information content (AvgIpc) is 3.18. The largest absolute Gasteiger partial charge is 0.445 e. The summed E-state index contributed by atoms with van der Waals surface area (Å²) >= 11 is 6.86. The van der Waals surface area contributed by atoms with Gasteiger partial charge in [-0.1, -0.05) is 121 Å². The smallest absolute Gasteiger partial charge is 0.408 e. The zero-order valence-corrected chi connectivity index (χ0v) is 33.1. The van der Waals surface area contributed by atoms with Crippen molar-refractivity contribution in [1.29, 1.82) is 0 Å². The van der Waals surface area contributed by atoms with Crippen LogP contribution in [-0.4, -0.2) is 54.8 Å². The summed E-state index contributed by atoms with van der Waals surface area (Å²) in [6.45, 7) is 5.96. The summed E-state index contributed by atoms with van der Waals surface area (Å²) in [5.41, 5.74) is 6.08. The van der Waals surface area contributed by atoms with Crippen molar-refractivity contribution < 1.29 is 33.4 Å². The Labute approximate surface area is 334 Å². The van der Waals surface area contributed by atoms with E-state index in [1.165, 1.54) is 0 Å². The lowest BCUT2D eigenvalue weighted by molar-refractivity contribution is -0.156. The first-order valence-corrected chi connectivity index (χ1v) is 19.3. The molecule has 0 spiro atoms. The third-order valence-electron chi connectivity index (χ3n) is 8.83. The van der Waals surface area contributed by atoms with Crippen LogP contribution in [0.5, 0.6) is 0 Å². The SMILES string of the molecule is CC(C)(C)OC(=O)N[C@@H](CCCCN)C(=O)NCCCC[C@@H](NC(=O)OCc1ccccc1)C(=O)OC(c1ccccc1)(c1ccccc1)c1ccccc1Cl. The third-order valence-corrected chi connectivity index (χ3v) is 9.16. The Hall–Kier alpha value is -5.39. The maximum absolute atomic E-state index is 14.5. The zero-order chi connectivity index (χ0) is 40.4. The van der Waals surface area contributed by atoms with E-state index in [4.69, 9.17) is 31.5 Å². The summed E-state index contributed by atoms with van der Waals surface area (Å²) in [7, 11) is 0. The molecule has 0 saturated carbocycles. The molecule has 12 heteroatoms. The van der Waals surface area contributed by atoms with Crippen LogP contribution in [0.2, 0.25) is 5.02 Å². The van der Waals surface area contributed by atoms with Crippen LogP contribution >= 0.6 is 11.6 Å². The molecule has 0 bridgehead atoms. The van der Waals surface area contributed by atoms with Crippen LogP contribution in [0.25, 0.3) is 0 Å². The van der Waals surface area contributed by atoms with Gasteiger partial charge in [0.05, 0.1) is 0 Å². The second kappa shape index (κ2) is 21.6. The number of unbranched alkanes of at least 4 members (excludes halogenated alkanes) is 2. The van der Waals surface area contributed by atoms with E-state index in [0.29, 0.717) is 60.4 Å². The number of hydrogen-bond donors (Lipinski definition) is 4. The summed E-state index contributed by atoms with van der Waals surface area (Å²) in [6.07, 6.45) is 1.27. The molecule has 0 heterocycles. The predicted octanol–water partition coefficient (Wildman–Crippen LogP) is 7.78. The van der Waals surface area contributed by atoms with Gasteiger partial charge in [-0.15, -0.1) is 0 Å². The highest BCUT2D eigenvalue weighted by atomic mass is 35.5. The van der Waals surface area contributed by atoms with Crippen LogP contribution < -0.4 is 21.7 Å². The molecule has 3 amide bonds. The number of rotatable bonds is 19. The molecule has 0 aliphatic heterocycles. The van der Waals surface area contributed by atoms with Gasteiger partial charge >= 0.3 is 18.2 Å². The number of esters is 1. The number of nitrogens with two attached hydrogens (primary N) is 1. The van der Waals surface area contributed by atoms with E-state index in [1.807, 2.05) is 103 Å². The second-order valence-corrected chi connectivity index (χ2v) is 14.8. The van der Waals surface area contributed by atoms with Crippen molar-refractivity contribution in [2.75, 3.05) is 13.1 Å². The Morgan fingerprint density at radius 3 is 1.79 bits per heavy atom. The van der Waals surface area contributed by atoms with Crippen LogP contribution in [0, 0.1) is 0 Å². The van der Waals surface area contributed by atoms with E-state index < -0.39 is 41.4 Å². The molecule has 4 aromatic rings. The number of halogens is 1. The summed E-state index contributed by atoms with van der Waals surface area (Å²) in [6, 6.07) is 33.1. The molecule has 4 aromatic carbocycles. The van der Waals surface area contributed by atoms with Crippen LogP contribution in [0.15, 0.2) is 115 Å². The number of nitrogens with one attached hydrogen (secondary N) is 3. The van der Waals surface area contributed by atoms with Crippen molar-refractivity contribution >= 4 is 35.7 Å². The lowest BCUT2D eigenvalue weighted by atomic mass is 9.80. The maximum atomic E-state index is 14.5. The molecule has 56 heavy (non-hydrogen) atoms. The number of ether oxygens (including phenoxy) is 3. The molecule has 4 rings (SSSR count). The highest BCUT2D eigenvalue weighted by Crippen LogP contribution is 2.43. The second-order valence-electron chi connectivity index (χ2n) is 14.3. The fourth-order valence-corrected chi connectivity index (χ4v) is 6.41. The normalized spacial score (nSPS) is 12.4. The lowest BCUT2D eigenvalue weighted by Crippen LogP contribution is -2.48. The average molecular weight is 785 g/mol. The minimum absolute atomic E-state index is 0.00183. The first kappa shape index (κ1) is 43.3. The molecule has 0 saturated heterocycles. The van der Waals surface area contributed by atoms with Crippen molar-refractivity contribution in [2.24, 2.45) is 5.73 Å².